The van der Waals surface area contributed by atoms with Crippen LogP contribution in [-0.4, -0.2) is 44.4 Å². The molecule has 1 amide bonds. The van der Waals surface area contributed by atoms with Gasteiger partial charge in [-0.15, -0.1) is 0 Å². The predicted octanol–water partition coefficient (Wildman–Crippen LogP) is 1.53. The Balaban J connectivity index is 1.86. The van der Waals surface area contributed by atoms with E-state index < -0.39 is 42.9 Å². The number of carbonyl (C=O) groups is 1. The Kier molecular flexibility index (Phi) is 6.38. The highest BCUT2D eigenvalue weighted by Gasteiger charge is 2.33. The molecule has 1 aliphatic heterocycles. The first-order valence-electron chi connectivity index (χ1n) is 8.40. The minimum absolute atomic E-state index is 0.134. The standard InChI is InChI=1S/C16H17FN3O9PS/c1-27-16(21)19-15-18-13-8-11(5-6-14(13)20(15)9-28-30(22,23)24)29-31(25,26)12-4-2-3-10(17)7-12/h2-8,15,18H,9H2,1H3,(H,19,21)(H2,22,23,24). The minimum Gasteiger partial charge on any atom is -0.453 e. The summed E-state index contributed by atoms with van der Waals surface area (Å²) >= 11 is 0. The molecule has 4 N–H and O–H groups in total. The van der Waals surface area contributed by atoms with E-state index in [9.17, 15) is 22.2 Å². The second kappa shape index (κ2) is 8.69. The molecule has 1 unspecified atom stereocenters. The van der Waals surface area contributed by atoms with E-state index in [2.05, 4.69) is 19.9 Å². The second-order valence-corrected chi connectivity index (χ2v) is 8.86. The number of rotatable bonds is 7. The average molecular weight is 477 g/mol. The van der Waals surface area contributed by atoms with Gasteiger partial charge in [-0.25, -0.2) is 13.8 Å². The fraction of sp³-hybridized carbons (Fsp3) is 0.188. The van der Waals surface area contributed by atoms with Crippen LogP contribution in [0.1, 0.15) is 0 Å². The van der Waals surface area contributed by atoms with Crippen LogP contribution in [-0.2, 0) is 23.9 Å². The van der Waals surface area contributed by atoms with Crippen LogP contribution in [0.4, 0.5) is 20.6 Å². The molecule has 0 aromatic heterocycles. The minimum atomic E-state index is -4.82. The number of phosphoric acid groups is 1. The number of alkyl carbamates (subject to hydrolysis) is 1. The van der Waals surface area contributed by atoms with Crippen molar-refractivity contribution in [2.45, 2.75) is 11.2 Å². The number of nitrogens with zero attached hydrogens (tertiary/aromatic N) is 1. The highest BCUT2D eigenvalue weighted by atomic mass is 32.2. The molecule has 0 spiro atoms. The van der Waals surface area contributed by atoms with Crippen molar-refractivity contribution in [2.75, 3.05) is 24.1 Å². The summed E-state index contributed by atoms with van der Waals surface area (Å²) in [4.78, 5) is 30.3. The summed E-state index contributed by atoms with van der Waals surface area (Å²) in [7, 11) is -8.03. The molecule has 3 rings (SSSR count). The summed E-state index contributed by atoms with van der Waals surface area (Å²) in [6.45, 7) is -0.624. The molecule has 2 aromatic carbocycles. The zero-order chi connectivity index (χ0) is 22.8. The van der Waals surface area contributed by atoms with E-state index in [1.807, 2.05) is 0 Å². The Morgan fingerprint density at radius 2 is 2.03 bits per heavy atom. The van der Waals surface area contributed by atoms with Gasteiger partial charge in [-0.1, -0.05) is 6.07 Å². The molecule has 0 bridgehead atoms. The third-order valence-electron chi connectivity index (χ3n) is 3.98. The normalized spacial score (nSPS) is 15.7. The van der Waals surface area contributed by atoms with Gasteiger partial charge in [0.05, 0.1) is 18.5 Å². The molecular formula is C16H17FN3O9PS. The van der Waals surface area contributed by atoms with E-state index >= 15 is 0 Å². The molecule has 0 aliphatic carbocycles. The van der Waals surface area contributed by atoms with Crippen molar-refractivity contribution in [3.05, 3.63) is 48.3 Å². The molecule has 1 aliphatic rings. The fourth-order valence-corrected chi connectivity index (χ4v) is 3.89. The maximum absolute atomic E-state index is 13.3. The lowest BCUT2D eigenvalue weighted by molar-refractivity contribution is 0.163. The molecule has 0 radical (unpaired) electrons. The number of hydrogen-bond donors (Lipinski definition) is 4. The van der Waals surface area contributed by atoms with Crippen LogP contribution >= 0.6 is 7.82 Å². The summed E-state index contributed by atoms with van der Waals surface area (Å²) in [6.07, 6.45) is -1.89. The number of hydrogen-bond acceptors (Lipinski definition) is 9. The number of amides is 1. The number of fused-ring (bicyclic) bond motifs is 1. The number of phosphoric ester groups is 1. The first-order chi connectivity index (χ1) is 14.5. The number of ether oxygens (including phenoxy) is 1. The van der Waals surface area contributed by atoms with Crippen LogP contribution in [0.15, 0.2) is 47.4 Å². The van der Waals surface area contributed by atoms with Gasteiger partial charge in [0.25, 0.3) is 0 Å². The van der Waals surface area contributed by atoms with E-state index in [-0.39, 0.29) is 16.3 Å². The van der Waals surface area contributed by atoms with Crippen molar-refractivity contribution in [3.63, 3.8) is 0 Å². The average Bonchev–Trinajstić information content (AvgIpc) is 3.01. The van der Waals surface area contributed by atoms with Crippen LogP contribution in [0.5, 0.6) is 5.75 Å². The van der Waals surface area contributed by atoms with E-state index in [4.69, 9.17) is 14.0 Å². The lowest BCUT2D eigenvalue weighted by Gasteiger charge is -2.26. The Morgan fingerprint density at radius 3 is 2.68 bits per heavy atom. The number of nitrogens with one attached hydrogen (secondary N) is 2. The van der Waals surface area contributed by atoms with Gasteiger partial charge in [0.1, 0.15) is 23.2 Å². The van der Waals surface area contributed by atoms with Crippen LogP contribution in [0.2, 0.25) is 0 Å². The van der Waals surface area contributed by atoms with Crippen LogP contribution in [0.25, 0.3) is 0 Å². The molecule has 0 saturated carbocycles. The van der Waals surface area contributed by atoms with E-state index in [0.29, 0.717) is 5.69 Å². The Bertz CT molecular complexity index is 1140. The van der Waals surface area contributed by atoms with Gasteiger partial charge in [0, 0.05) is 6.07 Å². The van der Waals surface area contributed by atoms with Crippen LogP contribution in [0, 0.1) is 5.82 Å². The summed E-state index contributed by atoms with van der Waals surface area (Å²) in [6, 6.07) is 8.19. The Labute approximate surface area is 175 Å². The molecule has 1 atom stereocenters. The van der Waals surface area contributed by atoms with E-state index in [0.717, 1.165) is 19.2 Å². The SMILES string of the molecule is COC(=O)NC1Nc2cc(OS(=O)(=O)c3cccc(F)c3)ccc2N1COP(=O)(O)O. The molecule has 12 nitrogen and oxygen atoms in total. The maximum atomic E-state index is 13.3. The monoisotopic (exact) mass is 477 g/mol. The number of benzene rings is 2. The molecule has 0 fully saturated rings. The van der Waals surface area contributed by atoms with Crippen molar-refractivity contribution < 1.29 is 45.4 Å². The summed E-state index contributed by atoms with van der Waals surface area (Å²) in [5.41, 5.74) is 0.563. The highest BCUT2D eigenvalue weighted by molar-refractivity contribution is 7.87. The number of carbonyl (C=O) groups excluding carboxylic acids is 1. The van der Waals surface area contributed by atoms with Crippen LogP contribution < -0.4 is 19.7 Å². The molecule has 1 heterocycles. The van der Waals surface area contributed by atoms with Crippen molar-refractivity contribution >= 4 is 35.4 Å². The molecule has 2 aromatic rings. The second-order valence-electron chi connectivity index (χ2n) is 6.08. The first kappa shape index (κ1) is 22.8. The maximum Gasteiger partial charge on any atom is 0.471 e. The van der Waals surface area contributed by atoms with Gasteiger partial charge in [0.15, 0.2) is 6.29 Å². The van der Waals surface area contributed by atoms with Gasteiger partial charge < -0.3 is 28.9 Å². The summed E-state index contributed by atoms with van der Waals surface area (Å²) in [5, 5.41) is 5.19. The topological polar surface area (TPSA) is 164 Å². The third-order valence-corrected chi connectivity index (χ3v) is 5.67. The number of halogens is 1. The molecule has 168 valence electrons. The lowest BCUT2D eigenvalue weighted by Crippen LogP contribution is -2.50. The lowest BCUT2D eigenvalue weighted by atomic mass is 10.2. The van der Waals surface area contributed by atoms with Crippen LogP contribution in [0.3, 0.4) is 0 Å². The van der Waals surface area contributed by atoms with E-state index in [1.54, 1.807) is 0 Å². The van der Waals surface area contributed by atoms with Gasteiger partial charge in [-0.05, 0) is 30.3 Å². The molecule has 15 heteroatoms. The molecular weight excluding hydrogens is 460 g/mol. The number of anilines is 2. The molecule has 0 saturated heterocycles. The summed E-state index contributed by atoms with van der Waals surface area (Å²) < 4.78 is 63.2. The van der Waals surface area contributed by atoms with Gasteiger partial charge >= 0.3 is 24.0 Å². The predicted molar refractivity (Wildman–Crippen MR) is 104 cm³/mol. The third kappa shape index (κ3) is 5.62. The zero-order valence-electron chi connectivity index (χ0n) is 15.8. The molecule has 31 heavy (non-hydrogen) atoms. The number of methoxy groups -OCH3 is 1. The van der Waals surface area contributed by atoms with Crippen molar-refractivity contribution in [2.24, 2.45) is 0 Å². The van der Waals surface area contributed by atoms with Gasteiger partial charge in [-0.3, -0.25) is 9.84 Å². The fourth-order valence-electron chi connectivity index (χ4n) is 2.66. The van der Waals surface area contributed by atoms with Gasteiger partial charge in [-0.2, -0.15) is 8.42 Å². The summed E-state index contributed by atoms with van der Waals surface area (Å²) in [5.74, 6) is -0.886. The van der Waals surface area contributed by atoms with Crippen molar-refractivity contribution in [1.29, 1.82) is 0 Å². The Hall–Kier alpha value is -2.90. The van der Waals surface area contributed by atoms with E-state index in [1.165, 1.54) is 35.2 Å². The Morgan fingerprint density at radius 1 is 1.29 bits per heavy atom. The van der Waals surface area contributed by atoms with Crippen molar-refractivity contribution in [3.8, 4) is 5.75 Å². The van der Waals surface area contributed by atoms with Gasteiger partial charge in [0.2, 0.25) is 0 Å². The first-order valence-corrected chi connectivity index (χ1v) is 11.3. The largest absolute Gasteiger partial charge is 0.471 e. The smallest absolute Gasteiger partial charge is 0.453 e. The quantitative estimate of drug-likeness (QED) is 0.338. The zero-order valence-corrected chi connectivity index (χ0v) is 17.5. The highest BCUT2D eigenvalue weighted by Crippen LogP contribution is 2.41. The van der Waals surface area contributed by atoms with Crippen molar-refractivity contribution in [1.82, 2.24) is 5.32 Å².